The van der Waals surface area contributed by atoms with Crippen molar-refractivity contribution in [2.45, 2.75) is 13.3 Å². The minimum absolute atomic E-state index is 0.181. The van der Waals surface area contributed by atoms with Crippen LogP contribution in [0.3, 0.4) is 0 Å². The van der Waals surface area contributed by atoms with Gasteiger partial charge < -0.3 is 10.4 Å². The number of hydrogen-bond donors (Lipinski definition) is 2. The van der Waals surface area contributed by atoms with Crippen LogP contribution in [0, 0.1) is 6.92 Å². The molecule has 0 aliphatic carbocycles. The van der Waals surface area contributed by atoms with Crippen molar-refractivity contribution in [1.29, 1.82) is 0 Å². The molecule has 0 bridgehead atoms. The monoisotopic (exact) mass is 270 g/mol. The lowest BCUT2D eigenvalue weighted by Crippen LogP contribution is -2.15. The molecule has 0 saturated carbocycles. The highest BCUT2D eigenvalue weighted by molar-refractivity contribution is 5.94. The number of carbonyl (C=O) groups is 2. The van der Waals surface area contributed by atoms with Crippen molar-refractivity contribution in [3.05, 3.63) is 59.4 Å². The highest BCUT2D eigenvalue weighted by atomic mass is 16.4. The fraction of sp³-hybridized carbons (Fsp3) is 0.133. The van der Waals surface area contributed by atoms with Crippen molar-refractivity contribution in [1.82, 2.24) is 4.98 Å². The molecule has 1 aromatic carbocycles. The molecule has 2 N–H and O–H groups in total. The maximum absolute atomic E-state index is 11.8. The summed E-state index contributed by atoms with van der Waals surface area (Å²) >= 11 is 0. The highest BCUT2D eigenvalue weighted by Crippen LogP contribution is 2.15. The number of carboxylic acid groups (broad SMARTS) is 1. The molecule has 0 saturated heterocycles. The SMILES string of the molecule is Cc1cc(NC(=O)Cc2ccccn2)ccc1C(=O)O. The van der Waals surface area contributed by atoms with E-state index in [-0.39, 0.29) is 17.9 Å². The molecule has 0 unspecified atom stereocenters. The average molecular weight is 270 g/mol. The first-order valence-electron chi connectivity index (χ1n) is 6.10. The summed E-state index contributed by atoms with van der Waals surface area (Å²) < 4.78 is 0. The number of nitrogens with one attached hydrogen (secondary N) is 1. The van der Waals surface area contributed by atoms with E-state index in [1.54, 1.807) is 37.4 Å². The van der Waals surface area contributed by atoms with Gasteiger partial charge in [-0.2, -0.15) is 0 Å². The van der Waals surface area contributed by atoms with Gasteiger partial charge in [0.1, 0.15) is 0 Å². The number of aryl methyl sites for hydroxylation is 1. The molecule has 5 nitrogen and oxygen atoms in total. The van der Waals surface area contributed by atoms with Gasteiger partial charge >= 0.3 is 5.97 Å². The molecule has 1 aromatic heterocycles. The lowest BCUT2D eigenvalue weighted by Gasteiger charge is -2.07. The maximum Gasteiger partial charge on any atom is 0.335 e. The Morgan fingerprint density at radius 3 is 2.65 bits per heavy atom. The van der Waals surface area contributed by atoms with E-state index in [1.165, 1.54) is 6.07 Å². The zero-order chi connectivity index (χ0) is 14.5. The number of carbonyl (C=O) groups excluding carboxylic acids is 1. The van der Waals surface area contributed by atoms with Crippen molar-refractivity contribution in [2.75, 3.05) is 5.32 Å². The van der Waals surface area contributed by atoms with Gasteiger partial charge in [0.2, 0.25) is 5.91 Å². The fourth-order valence-corrected chi connectivity index (χ4v) is 1.85. The molecule has 0 fully saturated rings. The Morgan fingerprint density at radius 1 is 1.25 bits per heavy atom. The van der Waals surface area contributed by atoms with Crippen LogP contribution in [-0.2, 0) is 11.2 Å². The topological polar surface area (TPSA) is 79.3 Å². The van der Waals surface area contributed by atoms with Crippen molar-refractivity contribution < 1.29 is 14.7 Å². The molecule has 0 spiro atoms. The minimum atomic E-state index is -0.978. The third kappa shape index (κ3) is 3.41. The first kappa shape index (κ1) is 13.7. The van der Waals surface area contributed by atoms with Crippen LogP contribution in [-0.4, -0.2) is 22.0 Å². The van der Waals surface area contributed by atoms with Crippen molar-refractivity contribution >= 4 is 17.6 Å². The van der Waals surface area contributed by atoms with E-state index in [1.807, 2.05) is 6.07 Å². The van der Waals surface area contributed by atoms with Crippen LogP contribution in [0.25, 0.3) is 0 Å². The number of pyridine rings is 1. The number of carboxylic acids is 1. The molecular formula is C15H14N2O3. The molecule has 2 aromatic rings. The van der Waals surface area contributed by atoms with E-state index in [9.17, 15) is 9.59 Å². The summed E-state index contributed by atoms with van der Waals surface area (Å²) in [6.45, 7) is 1.69. The number of nitrogens with zero attached hydrogens (tertiary/aromatic N) is 1. The zero-order valence-corrected chi connectivity index (χ0v) is 11.0. The molecule has 0 atom stereocenters. The van der Waals surface area contributed by atoms with Gasteiger partial charge in [-0.3, -0.25) is 9.78 Å². The first-order chi connectivity index (χ1) is 9.56. The Labute approximate surface area is 116 Å². The highest BCUT2D eigenvalue weighted by Gasteiger charge is 2.09. The molecule has 2 rings (SSSR count). The van der Waals surface area contributed by atoms with Crippen LogP contribution in [0.2, 0.25) is 0 Å². The largest absolute Gasteiger partial charge is 0.478 e. The Kier molecular flexibility index (Phi) is 4.10. The molecule has 1 amide bonds. The number of anilines is 1. The van der Waals surface area contributed by atoms with Crippen molar-refractivity contribution in [2.24, 2.45) is 0 Å². The summed E-state index contributed by atoms with van der Waals surface area (Å²) in [5, 5.41) is 11.7. The quantitative estimate of drug-likeness (QED) is 0.893. The number of aromatic carboxylic acids is 1. The van der Waals surface area contributed by atoms with Crippen LogP contribution in [0.1, 0.15) is 21.6 Å². The molecule has 0 aliphatic heterocycles. The smallest absolute Gasteiger partial charge is 0.335 e. The molecule has 0 aliphatic rings. The van der Waals surface area contributed by atoms with Gasteiger partial charge in [-0.15, -0.1) is 0 Å². The summed E-state index contributed by atoms with van der Waals surface area (Å²) in [4.78, 5) is 26.8. The van der Waals surface area contributed by atoms with Crippen LogP contribution >= 0.6 is 0 Å². The molecule has 102 valence electrons. The predicted octanol–water partition coefficient (Wildman–Crippen LogP) is 2.27. The van der Waals surface area contributed by atoms with E-state index in [4.69, 9.17) is 5.11 Å². The van der Waals surface area contributed by atoms with E-state index in [0.717, 1.165) is 0 Å². The van der Waals surface area contributed by atoms with Gasteiger partial charge in [-0.1, -0.05) is 6.07 Å². The normalized spacial score (nSPS) is 10.1. The lowest BCUT2D eigenvalue weighted by atomic mass is 10.1. The standard InChI is InChI=1S/C15H14N2O3/c1-10-8-12(5-6-13(10)15(19)20)17-14(18)9-11-4-2-3-7-16-11/h2-8H,9H2,1H3,(H,17,18)(H,19,20). The van der Waals surface area contributed by atoms with Crippen LogP contribution in [0.15, 0.2) is 42.6 Å². The number of benzene rings is 1. The van der Waals surface area contributed by atoms with E-state index < -0.39 is 5.97 Å². The fourth-order valence-electron chi connectivity index (χ4n) is 1.85. The molecular weight excluding hydrogens is 256 g/mol. The minimum Gasteiger partial charge on any atom is -0.478 e. The van der Waals surface area contributed by atoms with Gasteiger partial charge in [0, 0.05) is 17.6 Å². The molecule has 1 heterocycles. The van der Waals surface area contributed by atoms with Crippen molar-refractivity contribution in [3.63, 3.8) is 0 Å². The van der Waals surface area contributed by atoms with Gasteiger partial charge in [-0.05, 0) is 42.8 Å². The Morgan fingerprint density at radius 2 is 2.05 bits per heavy atom. The third-order valence-corrected chi connectivity index (χ3v) is 2.81. The predicted molar refractivity (Wildman–Crippen MR) is 74.7 cm³/mol. The third-order valence-electron chi connectivity index (χ3n) is 2.81. The van der Waals surface area contributed by atoms with E-state index in [2.05, 4.69) is 10.3 Å². The second-order valence-electron chi connectivity index (χ2n) is 4.38. The van der Waals surface area contributed by atoms with E-state index in [0.29, 0.717) is 16.9 Å². The maximum atomic E-state index is 11.8. The Hall–Kier alpha value is -2.69. The van der Waals surface area contributed by atoms with Gasteiger partial charge in [-0.25, -0.2) is 4.79 Å². The number of rotatable bonds is 4. The van der Waals surface area contributed by atoms with Crippen molar-refractivity contribution in [3.8, 4) is 0 Å². The number of amides is 1. The second kappa shape index (κ2) is 5.97. The zero-order valence-electron chi connectivity index (χ0n) is 11.0. The summed E-state index contributed by atoms with van der Waals surface area (Å²) in [6, 6.07) is 10.1. The van der Waals surface area contributed by atoms with Crippen LogP contribution in [0.4, 0.5) is 5.69 Å². The first-order valence-corrected chi connectivity index (χ1v) is 6.10. The summed E-state index contributed by atoms with van der Waals surface area (Å²) in [5.41, 5.74) is 2.10. The summed E-state index contributed by atoms with van der Waals surface area (Å²) in [5.74, 6) is -1.17. The Balaban J connectivity index is 2.05. The van der Waals surface area contributed by atoms with Gasteiger partial charge in [0.05, 0.1) is 12.0 Å². The molecule has 5 heteroatoms. The average Bonchev–Trinajstić information content (AvgIpc) is 2.39. The number of hydrogen-bond acceptors (Lipinski definition) is 3. The second-order valence-corrected chi connectivity index (χ2v) is 4.38. The summed E-state index contributed by atoms with van der Waals surface area (Å²) in [6.07, 6.45) is 1.81. The van der Waals surface area contributed by atoms with Crippen LogP contribution < -0.4 is 5.32 Å². The van der Waals surface area contributed by atoms with E-state index >= 15 is 0 Å². The van der Waals surface area contributed by atoms with Gasteiger partial charge in [0.15, 0.2) is 0 Å². The number of aromatic nitrogens is 1. The molecule has 0 radical (unpaired) electrons. The lowest BCUT2D eigenvalue weighted by molar-refractivity contribution is -0.115. The summed E-state index contributed by atoms with van der Waals surface area (Å²) in [7, 11) is 0. The van der Waals surface area contributed by atoms with Gasteiger partial charge in [0.25, 0.3) is 0 Å². The molecule has 20 heavy (non-hydrogen) atoms. The van der Waals surface area contributed by atoms with Crippen LogP contribution in [0.5, 0.6) is 0 Å². The Bertz CT molecular complexity index is 639.